The third kappa shape index (κ3) is 2.62. The summed E-state index contributed by atoms with van der Waals surface area (Å²) in [6.07, 6.45) is 1.34. The number of rotatable bonds is 3. The SMILES string of the molecule is N#CCc1ccccc1-c1nc(-c2ccc(F)cn2)no1. The highest BCUT2D eigenvalue weighted by Gasteiger charge is 2.14. The Morgan fingerprint density at radius 1 is 1.19 bits per heavy atom. The standard InChI is InChI=1S/C15H9FN4O/c16-11-5-6-13(18-9-11)14-19-15(21-20-14)12-4-2-1-3-10(12)7-8-17/h1-6,9H,7H2. The maximum atomic E-state index is 12.9. The van der Waals surface area contributed by atoms with Crippen LogP contribution in [0.3, 0.4) is 0 Å². The molecular weight excluding hydrogens is 271 g/mol. The summed E-state index contributed by atoms with van der Waals surface area (Å²) in [6, 6.07) is 12.2. The minimum absolute atomic E-state index is 0.253. The Balaban J connectivity index is 1.99. The van der Waals surface area contributed by atoms with Gasteiger partial charge in [-0.3, -0.25) is 0 Å². The number of hydrogen-bond donors (Lipinski definition) is 0. The summed E-state index contributed by atoms with van der Waals surface area (Å²) in [5.41, 5.74) is 1.94. The average molecular weight is 280 g/mol. The van der Waals surface area contributed by atoms with Crippen LogP contribution >= 0.6 is 0 Å². The summed E-state index contributed by atoms with van der Waals surface area (Å²) in [5, 5.41) is 12.7. The van der Waals surface area contributed by atoms with Crippen molar-refractivity contribution < 1.29 is 8.91 Å². The first-order chi connectivity index (χ1) is 10.3. The van der Waals surface area contributed by atoms with Gasteiger partial charge in [0.1, 0.15) is 11.5 Å². The molecule has 0 aliphatic rings. The van der Waals surface area contributed by atoms with Gasteiger partial charge in [0.2, 0.25) is 5.82 Å². The van der Waals surface area contributed by atoms with Gasteiger partial charge in [-0.15, -0.1) is 0 Å². The number of hydrogen-bond acceptors (Lipinski definition) is 5. The quantitative estimate of drug-likeness (QED) is 0.737. The number of aromatic nitrogens is 3. The minimum atomic E-state index is -0.429. The highest BCUT2D eigenvalue weighted by Crippen LogP contribution is 2.24. The number of nitrogens with zero attached hydrogens (tertiary/aromatic N) is 4. The molecule has 0 aliphatic carbocycles. The maximum absolute atomic E-state index is 12.9. The lowest BCUT2D eigenvalue weighted by Gasteiger charge is -2.00. The fraction of sp³-hybridized carbons (Fsp3) is 0.0667. The van der Waals surface area contributed by atoms with Crippen molar-refractivity contribution in [3.8, 4) is 29.0 Å². The van der Waals surface area contributed by atoms with Crippen LogP contribution in [0.5, 0.6) is 0 Å². The van der Waals surface area contributed by atoms with Crippen molar-refractivity contribution >= 4 is 0 Å². The van der Waals surface area contributed by atoms with E-state index in [1.807, 2.05) is 24.3 Å². The normalized spacial score (nSPS) is 10.3. The van der Waals surface area contributed by atoms with Crippen LogP contribution in [0.4, 0.5) is 4.39 Å². The van der Waals surface area contributed by atoms with Gasteiger partial charge in [-0.05, 0) is 23.8 Å². The summed E-state index contributed by atoms with van der Waals surface area (Å²) in [4.78, 5) is 8.15. The molecule has 2 heterocycles. The molecule has 21 heavy (non-hydrogen) atoms. The molecule has 0 saturated heterocycles. The van der Waals surface area contributed by atoms with Gasteiger partial charge in [-0.1, -0.05) is 23.4 Å². The molecule has 5 nitrogen and oxygen atoms in total. The molecule has 0 bridgehead atoms. The number of nitriles is 1. The zero-order chi connectivity index (χ0) is 14.7. The van der Waals surface area contributed by atoms with Crippen LogP contribution in [0.1, 0.15) is 5.56 Å². The smallest absolute Gasteiger partial charge is 0.258 e. The molecule has 102 valence electrons. The van der Waals surface area contributed by atoms with Crippen molar-refractivity contribution in [3.63, 3.8) is 0 Å². The van der Waals surface area contributed by atoms with Gasteiger partial charge in [-0.2, -0.15) is 10.2 Å². The van der Waals surface area contributed by atoms with E-state index in [-0.39, 0.29) is 12.2 Å². The summed E-state index contributed by atoms with van der Waals surface area (Å²) < 4.78 is 18.1. The predicted octanol–water partition coefficient (Wildman–Crippen LogP) is 3.00. The van der Waals surface area contributed by atoms with Gasteiger partial charge < -0.3 is 4.52 Å². The van der Waals surface area contributed by atoms with E-state index in [2.05, 4.69) is 21.2 Å². The van der Waals surface area contributed by atoms with Gasteiger partial charge in [0.25, 0.3) is 5.89 Å². The summed E-state index contributed by atoms with van der Waals surface area (Å²) in [7, 11) is 0. The molecule has 2 aromatic heterocycles. The second kappa shape index (κ2) is 5.51. The molecule has 0 aliphatic heterocycles. The first-order valence-corrected chi connectivity index (χ1v) is 6.19. The molecule has 0 amide bonds. The fourth-order valence-electron chi connectivity index (χ4n) is 1.91. The fourth-order valence-corrected chi connectivity index (χ4v) is 1.91. The van der Waals surface area contributed by atoms with Crippen molar-refractivity contribution in [3.05, 3.63) is 54.0 Å². The van der Waals surface area contributed by atoms with Gasteiger partial charge in [0.15, 0.2) is 0 Å². The summed E-state index contributed by atoms with van der Waals surface area (Å²) in [6.45, 7) is 0. The Bertz CT molecular complexity index is 805. The van der Waals surface area contributed by atoms with Gasteiger partial charge in [0, 0.05) is 5.56 Å². The lowest BCUT2D eigenvalue weighted by atomic mass is 10.1. The molecule has 0 atom stereocenters. The van der Waals surface area contributed by atoms with Crippen molar-refractivity contribution in [2.24, 2.45) is 0 Å². The van der Waals surface area contributed by atoms with E-state index < -0.39 is 5.82 Å². The molecule has 0 fully saturated rings. The molecule has 0 unspecified atom stereocenters. The Morgan fingerprint density at radius 2 is 2.05 bits per heavy atom. The molecule has 0 spiro atoms. The van der Waals surface area contributed by atoms with Crippen LogP contribution in [0.25, 0.3) is 23.0 Å². The second-order valence-electron chi connectivity index (χ2n) is 4.28. The zero-order valence-corrected chi connectivity index (χ0v) is 10.8. The topological polar surface area (TPSA) is 75.6 Å². The largest absolute Gasteiger partial charge is 0.334 e. The van der Waals surface area contributed by atoms with Crippen molar-refractivity contribution in [2.45, 2.75) is 6.42 Å². The van der Waals surface area contributed by atoms with Crippen molar-refractivity contribution in [1.82, 2.24) is 15.1 Å². The van der Waals surface area contributed by atoms with Gasteiger partial charge in [-0.25, -0.2) is 9.37 Å². The predicted molar refractivity (Wildman–Crippen MR) is 72.2 cm³/mol. The lowest BCUT2D eigenvalue weighted by Crippen LogP contribution is -1.89. The second-order valence-corrected chi connectivity index (χ2v) is 4.28. The summed E-state index contributed by atoms with van der Waals surface area (Å²) in [5.74, 6) is 0.153. The van der Waals surface area contributed by atoms with Crippen molar-refractivity contribution in [1.29, 1.82) is 5.26 Å². The Morgan fingerprint density at radius 3 is 2.81 bits per heavy atom. The highest BCUT2D eigenvalue weighted by atomic mass is 19.1. The third-order valence-corrected chi connectivity index (χ3v) is 2.90. The number of pyridine rings is 1. The molecule has 0 saturated carbocycles. The van der Waals surface area contributed by atoms with Gasteiger partial charge in [0.05, 0.1) is 18.7 Å². The van der Waals surface area contributed by atoms with Crippen LogP contribution in [0.2, 0.25) is 0 Å². The summed E-state index contributed by atoms with van der Waals surface area (Å²) >= 11 is 0. The molecule has 0 N–H and O–H groups in total. The Labute approximate surface area is 119 Å². The number of halogens is 1. The first-order valence-electron chi connectivity index (χ1n) is 6.19. The minimum Gasteiger partial charge on any atom is -0.334 e. The van der Waals surface area contributed by atoms with E-state index in [0.717, 1.165) is 11.8 Å². The van der Waals surface area contributed by atoms with Gasteiger partial charge >= 0.3 is 0 Å². The molecule has 6 heteroatoms. The molecule has 3 aromatic rings. The number of benzene rings is 1. The molecule has 0 radical (unpaired) electrons. The van der Waals surface area contributed by atoms with Crippen LogP contribution < -0.4 is 0 Å². The third-order valence-electron chi connectivity index (χ3n) is 2.90. The Kier molecular flexibility index (Phi) is 3.39. The lowest BCUT2D eigenvalue weighted by molar-refractivity contribution is 0.432. The zero-order valence-electron chi connectivity index (χ0n) is 10.8. The monoisotopic (exact) mass is 280 g/mol. The molecular formula is C15H9FN4O. The van der Waals surface area contributed by atoms with E-state index in [1.54, 1.807) is 0 Å². The van der Waals surface area contributed by atoms with E-state index in [0.29, 0.717) is 17.1 Å². The maximum Gasteiger partial charge on any atom is 0.258 e. The van der Waals surface area contributed by atoms with Crippen LogP contribution in [0.15, 0.2) is 47.1 Å². The van der Waals surface area contributed by atoms with E-state index in [1.165, 1.54) is 12.1 Å². The Hall–Kier alpha value is -3.07. The van der Waals surface area contributed by atoms with E-state index in [9.17, 15) is 4.39 Å². The van der Waals surface area contributed by atoms with E-state index >= 15 is 0 Å². The van der Waals surface area contributed by atoms with Crippen LogP contribution in [-0.2, 0) is 6.42 Å². The first kappa shape index (κ1) is 12.9. The van der Waals surface area contributed by atoms with E-state index in [4.69, 9.17) is 9.78 Å². The molecule has 1 aromatic carbocycles. The average Bonchev–Trinajstić information content (AvgIpc) is 2.99. The van der Waals surface area contributed by atoms with Crippen molar-refractivity contribution in [2.75, 3.05) is 0 Å². The highest BCUT2D eigenvalue weighted by molar-refractivity contribution is 5.61. The molecule has 3 rings (SSSR count). The van der Waals surface area contributed by atoms with Crippen LogP contribution in [-0.4, -0.2) is 15.1 Å². The van der Waals surface area contributed by atoms with Crippen LogP contribution in [0, 0.1) is 17.1 Å².